The predicted octanol–water partition coefficient (Wildman–Crippen LogP) is 2.97. The number of amides is 2. The molecule has 160 valence electrons. The van der Waals surface area contributed by atoms with Crippen molar-refractivity contribution in [3.63, 3.8) is 0 Å². The third-order valence-corrected chi connectivity index (χ3v) is 7.26. The summed E-state index contributed by atoms with van der Waals surface area (Å²) in [6.07, 6.45) is 0.773. The van der Waals surface area contributed by atoms with Crippen LogP contribution in [0.2, 0.25) is 0 Å². The van der Waals surface area contributed by atoms with Crippen LogP contribution in [0.1, 0.15) is 28.5 Å². The average Bonchev–Trinajstić information content (AvgIpc) is 3.30. The van der Waals surface area contributed by atoms with Crippen LogP contribution in [-0.2, 0) is 32.6 Å². The largest absolute Gasteiger partial charge is 0.350 e. The maximum absolute atomic E-state index is 13.1. The van der Waals surface area contributed by atoms with Gasteiger partial charge in [-0.3, -0.25) is 9.59 Å². The molecule has 0 saturated heterocycles. The maximum atomic E-state index is 13.1. The van der Waals surface area contributed by atoms with Gasteiger partial charge in [0, 0.05) is 17.0 Å². The molecular formula is C22H21N3O4S2. The zero-order valence-electron chi connectivity index (χ0n) is 16.5. The standard InChI is InChI=1S/C22H21N3O4S2/c26-20-11-8-16-13-18(9-10-19(16)24-20)31(28,29)25-21(15-5-2-1-3-6-15)22(27)23-14-17-7-4-12-30-17/h1-7,9-10,12-13,21,25H,8,11,14H2,(H,23,27)(H,24,26)/t21-/m0/s1. The number of rotatable bonds is 7. The van der Waals surface area contributed by atoms with Gasteiger partial charge in [-0.2, -0.15) is 4.72 Å². The summed E-state index contributed by atoms with van der Waals surface area (Å²) in [5, 5.41) is 7.46. The van der Waals surface area contributed by atoms with Gasteiger partial charge in [0.15, 0.2) is 0 Å². The number of benzene rings is 2. The summed E-state index contributed by atoms with van der Waals surface area (Å²) in [4.78, 5) is 25.5. The van der Waals surface area contributed by atoms with Gasteiger partial charge >= 0.3 is 0 Å². The normalized spacial score (nSPS) is 14.4. The number of carbonyl (C=O) groups excluding carboxylic acids is 2. The van der Waals surface area contributed by atoms with Crippen LogP contribution in [0.25, 0.3) is 0 Å². The molecule has 0 fully saturated rings. The van der Waals surface area contributed by atoms with Crippen molar-refractivity contribution in [2.45, 2.75) is 30.3 Å². The number of thiophene rings is 1. The third-order valence-electron chi connectivity index (χ3n) is 4.97. The molecule has 9 heteroatoms. The van der Waals surface area contributed by atoms with Crippen LogP contribution in [0.3, 0.4) is 0 Å². The summed E-state index contributed by atoms with van der Waals surface area (Å²) < 4.78 is 28.8. The molecule has 0 unspecified atom stereocenters. The molecule has 7 nitrogen and oxygen atoms in total. The Kier molecular flexibility index (Phi) is 6.17. The van der Waals surface area contributed by atoms with Crippen LogP contribution in [0.15, 0.2) is 70.9 Å². The Bertz CT molecular complexity index is 1190. The highest BCUT2D eigenvalue weighted by Gasteiger charge is 2.28. The molecule has 3 aromatic rings. The Morgan fingerprint density at radius 2 is 1.87 bits per heavy atom. The fraction of sp³-hybridized carbons (Fsp3) is 0.182. The van der Waals surface area contributed by atoms with E-state index in [-0.39, 0.29) is 10.8 Å². The fourth-order valence-corrected chi connectivity index (χ4v) is 5.24. The van der Waals surface area contributed by atoms with Crippen LogP contribution in [0, 0.1) is 0 Å². The summed E-state index contributed by atoms with van der Waals surface area (Å²) in [6, 6.07) is 16.0. The summed E-state index contributed by atoms with van der Waals surface area (Å²) in [7, 11) is -3.99. The van der Waals surface area contributed by atoms with Crippen LogP contribution < -0.4 is 15.4 Å². The molecule has 3 N–H and O–H groups in total. The molecule has 1 atom stereocenters. The number of sulfonamides is 1. The SMILES string of the molecule is O=C1CCc2cc(S(=O)(=O)N[C@H](C(=O)NCc3cccs3)c3ccccc3)ccc2N1. The highest BCUT2D eigenvalue weighted by Crippen LogP contribution is 2.26. The number of carbonyl (C=O) groups is 2. The van der Waals surface area contributed by atoms with E-state index in [1.54, 1.807) is 42.5 Å². The van der Waals surface area contributed by atoms with E-state index in [1.807, 2.05) is 17.5 Å². The first kappa shape index (κ1) is 21.2. The average molecular weight is 456 g/mol. The smallest absolute Gasteiger partial charge is 0.243 e. The van der Waals surface area contributed by atoms with Crippen molar-refractivity contribution in [2.24, 2.45) is 0 Å². The molecule has 0 radical (unpaired) electrons. The van der Waals surface area contributed by atoms with E-state index < -0.39 is 22.0 Å². The van der Waals surface area contributed by atoms with Crippen LogP contribution >= 0.6 is 11.3 Å². The second-order valence-electron chi connectivity index (χ2n) is 7.13. The molecule has 0 spiro atoms. The first-order valence-electron chi connectivity index (χ1n) is 9.72. The molecule has 31 heavy (non-hydrogen) atoms. The number of fused-ring (bicyclic) bond motifs is 1. The molecule has 4 rings (SSSR count). The van der Waals surface area contributed by atoms with Gasteiger partial charge in [0.1, 0.15) is 6.04 Å². The molecule has 1 aliphatic heterocycles. The van der Waals surface area contributed by atoms with Crippen LogP contribution in [0.4, 0.5) is 5.69 Å². The first-order chi connectivity index (χ1) is 14.9. The van der Waals surface area contributed by atoms with E-state index in [9.17, 15) is 18.0 Å². The van der Waals surface area contributed by atoms with E-state index in [4.69, 9.17) is 0 Å². The Balaban J connectivity index is 1.58. The Morgan fingerprint density at radius 1 is 1.06 bits per heavy atom. The van der Waals surface area contributed by atoms with Crippen molar-refractivity contribution in [3.8, 4) is 0 Å². The third kappa shape index (κ3) is 5.01. The Morgan fingerprint density at radius 3 is 2.61 bits per heavy atom. The molecule has 1 aliphatic rings. The fourth-order valence-electron chi connectivity index (χ4n) is 3.36. The lowest BCUT2D eigenvalue weighted by Crippen LogP contribution is -2.40. The molecule has 2 heterocycles. The molecule has 2 aromatic carbocycles. The number of hydrogen-bond donors (Lipinski definition) is 3. The summed E-state index contributed by atoms with van der Waals surface area (Å²) in [5.41, 5.74) is 1.91. The Labute approximate surface area is 184 Å². The van der Waals surface area contributed by atoms with Crippen molar-refractivity contribution >= 4 is 38.9 Å². The molecule has 2 amide bonds. The van der Waals surface area contributed by atoms with Gasteiger partial charge < -0.3 is 10.6 Å². The van der Waals surface area contributed by atoms with Crippen molar-refractivity contribution in [2.75, 3.05) is 5.32 Å². The van der Waals surface area contributed by atoms with Gasteiger partial charge in [-0.1, -0.05) is 36.4 Å². The lowest BCUT2D eigenvalue weighted by Gasteiger charge is -2.21. The number of anilines is 1. The van der Waals surface area contributed by atoms with E-state index in [1.165, 1.54) is 17.4 Å². The van der Waals surface area contributed by atoms with Gasteiger partial charge in [0.2, 0.25) is 21.8 Å². The van der Waals surface area contributed by atoms with Crippen molar-refractivity contribution in [3.05, 3.63) is 82.0 Å². The van der Waals surface area contributed by atoms with Gasteiger partial charge in [0.05, 0.1) is 11.4 Å². The van der Waals surface area contributed by atoms with E-state index in [0.29, 0.717) is 30.6 Å². The van der Waals surface area contributed by atoms with E-state index in [0.717, 1.165) is 10.4 Å². The molecule has 0 saturated carbocycles. The summed E-state index contributed by atoms with van der Waals surface area (Å²) >= 11 is 1.51. The van der Waals surface area contributed by atoms with Crippen molar-refractivity contribution in [1.29, 1.82) is 0 Å². The topological polar surface area (TPSA) is 104 Å². The second kappa shape index (κ2) is 9.01. The molecule has 0 bridgehead atoms. The number of hydrogen-bond acceptors (Lipinski definition) is 5. The molecular weight excluding hydrogens is 434 g/mol. The lowest BCUT2D eigenvalue weighted by molar-refractivity contribution is -0.123. The minimum atomic E-state index is -3.99. The monoisotopic (exact) mass is 455 g/mol. The molecule has 1 aromatic heterocycles. The zero-order chi connectivity index (χ0) is 21.8. The van der Waals surface area contributed by atoms with Gasteiger partial charge in [-0.05, 0) is 47.2 Å². The van der Waals surface area contributed by atoms with Gasteiger partial charge in [-0.15, -0.1) is 11.3 Å². The Hall–Kier alpha value is -3.01. The number of aryl methyl sites for hydroxylation is 1. The zero-order valence-corrected chi connectivity index (χ0v) is 18.1. The predicted molar refractivity (Wildman–Crippen MR) is 119 cm³/mol. The highest BCUT2D eigenvalue weighted by molar-refractivity contribution is 7.89. The van der Waals surface area contributed by atoms with Gasteiger partial charge in [0.25, 0.3) is 0 Å². The highest BCUT2D eigenvalue weighted by atomic mass is 32.2. The van der Waals surface area contributed by atoms with Gasteiger partial charge in [-0.25, -0.2) is 8.42 Å². The number of nitrogens with one attached hydrogen (secondary N) is 3. The first-order valence-corrected chi connectivity index (χ1v) is 12.1. The minimum Gasteiger partial charge on any atom is -0.350 e. The summed E-state index contributed by atoms with van der Waals surface area (Å²) in [6.45, 7) is 0.320. The maximum Gasteiger partial charge on any atom is 0.243 e. The quantitative estimate of drug-likeness (QED) is 0.509. The summed E-state index contributed by atoms with van der Waals surface area (Å²) in [5.74, 6) is -0.527. The van der Waals surface area contributed by atoms with Crippen LogP contribution in [0.5, 0.6) is 0 Å². The van der Waals surface area contributed by atoms with Crippen molar-refractivity contribution in [1.82, 2.24) is 10.0 Å². The molecule has 0 aliphatic carbocycles. The van der Waals surface area contributed by atoms with Crippen molar-refractivity contribution < 1.29 is 18.0 Å². The second-order valence-corrected chi connectivity index (χ2v) is 9.88. The van der Waals surface area contributed by atoms with E-state index in [2.05, 4.69) is 15.4 Å². The lowest BCUT2D eigenvalue weighted by atomic mass is 10.0. The van der Waals surface area contributed by atoms with E-state index >= 15 is 0 Å². The minimum absolute atomic E-state index is 0.0504. The van der Waals surface area contributed by atoms with Crippen LogP contribution in [-0.4, -0.2) is 20.2 Å².